The number of hydrogen-bond donors (Lipinski definition) is 1. The van der Waals surface area contributed by atoms with Gasteiger partial charge in [0, 0.05) is 18.0 Å². The number of benzene rings is 1. The summed E-state index contributed by atoms with van der Waals surface area (Å²) >= 11 is 0. The molecule has 0 saturated heterocycles. The minimum absolute atomic E-state index is 0.0586. The van der Waals surface area contributed by atoms with Crippen LogP contribution in [0.5, 0.6) is 5.75 Å². The average Bonchev–Trinajstić information content (AvgIpc) is 2.90. The SMILES string of the molecule is Nc1ccc(=O)n(CCOc2ccc3c(c2)CCC3)c1. The molecule has 4 nitrogen and oxygen atoms in total. The number of hydrogen-bond acceptors (Lipinski definition) is 3. The number of aryl methyl sites for hydroxylation is 2. The first-order valence-corrected chi connectivity index (χ1v) is 6.93. The zero-order valence-corrected chi connectivity index (χ0v) is 11.3. The first kappa shape index (κ1) is 12.8. The van der Waals surface area contributed by atoms with Crippen LogP contribution in [0.1, 0.15) is 17.5 Å². The maximum Gasteiger partial charge on any atom is 0.250 e. The normalized spacial score (nSPS) is 13.2. The molecule has 0 atom stereocenters. The molecule has 2 aromatic rings. The second kappa shape index (κ2) is 5.41. The summed E-state index contributed by atoms with van der Waals surface area (Å²) < 4.78 is 7.30. The van der Waals surface area contributed by atoms with Crippen LogP contribution in [0.4, 0.5) is 5.69 Å². The number of anilines is 1. The first-order valence-electron chi connectivity index (χ1n) is 6.93. The number of rotatable bonds is 4. The second-order valence-electron chi connectivity index (χ2n) is 5.13. The minimum Gasteiger partial charge on any atom is -0.492 e. The van der Waals surface area contributed by atoms with Crippen molar-refractivity contribution in [1.82, 2.24) is 4.57 Å². The fourth-order valence-corrected chi connectivity index (χ4v) is 2.62. The molecule has 1 aliphatic rings. The summed E-state index contributed by atoms with van der Waals surface area (Å²) in [6.45, 7) is 0.961. The molecular weight excluding hydrogens is 252 g/mol. The zero-order chi connectivity index (χ0) is 13.9. The van der Waals surface area contributed by atoms with Gasteiger partial charge in [-0.3, -0.25) is 4.79 Å². The second-order valence-corrected chi connectivity index (χ2v) is 5.13. The van der Waals surface area contributed by atoms with Crippen molar-refractivity contribution in [2.45, 2.75) is 25.8 Å². The Balaban J connectivity index is 1.62. The third-order valence-electron chi connectivity index (χ3n) is 3.68. The molecule has 4 heteroatoms. The summed E-state index contributed by atoms with van der Waals surface area (Å²) in [6, 6.07) is 9.35. The van der Waals surface area contributed by atoms with E-state index in [1.54, 1.807) is 16.8 Å². The van der Waals surface area contributed by atoms with Crippen molar-refractivity contribution < 1.29 is 4.74 Å². The van der Waals surface area contributed by atoms with E-state index in [1.807, 2.05) is 6.07 Å². The molecular formula is C16H18N2O2. The molecule has 3 rings (SSSR count). The molecule has 0 aliphatic heterocycles. The number of nitrogen functional groups attached to an aromatic ring is 1. The summed E-state index contributed by atoms with van der Waals surface area (Å²) in [5.74, 6) is 0.877. The van der Waals surface area contributed by atoms with E-state index in [9.17, 15) is 4.79 Å². The predicted octanol–water partition coefficient (Wildman–Crippen LogP) is 2.00. The van der Waals surface area contributed by atoms with E-state index < -0.39 is 0 Å². The Morgan fingerprint density at radius 2 is 2.00 bits per heavy atom. The smallest absolute Gasteiger partial charge is 0.250 e. The summed E-state index contributed by atoms with van der Waals surface area (Å²) in [6.07, 6.45) is 5.20. The van der Waals surface area contributed by atoms with Crippen LogP contribution < -0.4 is 16.0 Å². The van der Waals surface area contributed by atoms with Crippen LogP contribution in [0.3, 0.4) is 0 Å². The highest BCUT2D eigenvalue weighted by molar-refractivity contribution is 5.38. The number of ether oxygens (including phenoxy) is 1. The van der Waals surface area contributed by atoms with Gasteiger partial charge in [0.15, 0.2) is 0 Å². The average molecular weight is 270 g/mol. The summed E-state index contributed by atoms with van der Waals surface area (Å²) in [5, 5.41) is 0. The van der Waals surface area contributed by atoms with Gasteiger partial charge in [0.05, 0.1) is 6.54 Å². The van der Waals surface area contributed by atoms with Crippen molar-refractivity contribution in [3.05, 3.63) is 58.0 Å². The molecule has 2 N–H and O–H groups in total. The van der Waals surface area contributed by atoms with Crippen molar-refractivity contribution in [1.29, 1.82) is 0 Å². The Labute approximate surface area is 117 Å². The van der Waals surface area contributed by atoms with Crippen molar-refractivity contribution in [3.8, 4) is 5.75 Å². The highest BCUT2D eigenvalue weighted by Crippen LogP contribution is 2.25. The molecule has 1 aliphatic carbocycles. The fourth-order valence-electron chi connectivity index (χ4n) is 2.62. The third-order valence-corrected chi connectivity index (χ3v) is 3.68. The molecule has 0 bridgehead atoms. The van der Waals surface area contributed by atoms with E-state index in [4.69, 9.17) is 10.5 Å². The van der Waals surface area contributed by atoms with Gasteiger partial charge in [0.2, 0.25) is 0 Å². The standard InChI is InChI=1S/C16H18N2O2/c17-14-5-7-16(19)18(11-14)8-9-20-15-6-4-12-2-1-3-13(12)10-15/h4-7,10-11H,1-3,8-9,17H2. The van der Waals surface area contributed by atoms with Gasteiger partial charge in [-0.1, -0.05) is 6.07 Å². The third kappa shape index (κ3) is 2.69. The monoisotopic (exact) mass is 270 g/mol. The Morgan fingerprint density at radius 1 is 1.15 bits per heavy atom. The summed E-state index contributed by atoms with van der Waals surface area (Å²) in [4.78, 5) is 11.6. The Kier molecular flexibility index (Phi) is 3.46. The Morgan fingerprint density at radius 3 is 2.90 bits per heavy atom. The van der Waals surface area contributed by atoms with Crippen LogP contribution >= 0.6 is 0 Å². The maximum absolute atomic E-state index is 11.6. The lowest BCUT2D eigenvalue weighted by Gasteiger charge is -2.10. The molecule has 0 fully saturated rings. The molecule has 0 amide bonds. The molecule has 104 valence electrons. The van der Waals surface area contributed by atoms with E-state index in [-0.39, 0.29) is 5.56 Å². The predicted molar refractivity (Wildman–Crippen MR) is 79.1 cm³/mol. The summed E-state index contributed by atoms with van der Waals surface area (Å²) in [5.41, 5.74) is 9.02. The van der Waals surface area contributed by atoms with Crippen LogP contribution in [0.2, 0.25) is 0 Å². The molecule has 1 aromatic heterocycles. The largest absolute Gasteiger partial charge is 0.492 e. The van der Waals surface area contributed by atoms with E-state index >= 15 is 0 Å². The molecule has 0 radical (unpaired) electrons. The van der Waals surface area contributed by atoms with Gasteiger partial charge >= 0.3 is 0 Å². The van der Waals surface area contributed by atoms with Gasteiger partial charge in [0.25, 0.3) is 5.56 Å². The van der Waals surface area contributed by atoms with Crippen molar-refractivity contribution in [2.75, 3.05) is 12.3 Å². The van der Waals surface area contributed by atoms with Crippen LogP contribution in [0.25, 0.3) is 0 Å². The maximum atomic E-state index is 11.6. The van der Waals surface area contributed by atoms with Gasteiger partial charge in [-0.2, -0.15) is 0 Å². The lowest BCUT2D eigenvalue weighted by molar-refractivity contribution is 0.296. The lowest BCUT2D eigenvalue weighted by Crippen LogP contribution is -2.22. The number of aromatic nitrogens is 1. The van der Waals surface area contributed by atoms with Gasteiger partial charge in [0.1, 0.15) is 12.4 Å². The van der Waals surface area contributed by atoms with Crippen molar-refractivity contribution in [2.24, 2.45) is 0 Å². The van der Waals surface area contributed by atoms with Gasteiger partial charge < -0.3 is 15.0 Å². The molecule has 0 unspecified atom stereocenters. The number of nitrogens with zero attached hydrogens (tertiary/aromatic N) is 1. The van der Waals surface area contributed by atoms with E-state index in [0.29, 0.717) is 18.8 Å². The topological polar surface area (TPSA) is 57.2 Å². The molecule has 1 heterocycles. The van der Waals surface area contributed by atoms with Gasteiger partial charge in [-0.25, -0.2) is 0 Å². The van der Waals surface area contributed by atoms with Gasteiger partial charge in [-0.05, 0) is 48.6 Å². The number of pyridine rings is 1. The highest BCUT2D eigenvalue weighted by atomic mass is 16.5. The van der Waals surface area contributed by atoms with E-state index in [0.717, 1.165) is 12.2 Å². The lowest BCUT2D eigenvalue weighted by atomic mass is 10.1. The van der Waals surface area contributed by atoms with Crippen LogP contribution in [0.15, 0.2) is 41.3 Å². The summed E-state index contributed by atoms with van der Waals surface area (Å²) in [7, 11) is 0. The van der Waals surface area contributed by atoms with Gasteiger partial charge in [-0.15, -0.1) is 0 Å². The molecule has 1 aromatic carbocycles. The van der Waals surface area contributed by atoms with E-state index in [1.165, 1.54) is 30.0 Å². The molecule has 0 saturated carbocycles. The van der Waals surface area contributed by atoms with Crippen LogP contribution in [-0.4, -0.2) is 11.2 Å². The van der Waals surface area contributed by atoms with Crippen molar-refractivity contribution >= 4 is 5.69 Å². The fraction of sp³-hybridized carbons (Fsp3) is 0.312. The molecule has 20 heavy (non-hydrogen) atoms. The molecule has 0 spiro atoms. The quantitative estimate of drug-likeness (QED) is 0.924. The van der Waals surface area contributed by atoms with Crippen molar-refractivity contribution in [3.63, 3.8) is 0 Å². The van der Waals surface area contributed by atoms with E-state index in [2.05, 4.69) is 12.1 Å². The first-order chi connectivity index (χ1) is 9.72. The highest BCUT2D eigenvalue weighted by Gasteiger charge is 2.11. The zero-order valence-electron chi connectivity index (χ0n) is 11.3. The Bertz CT molecular complexity index is 676. The van der Waals surface area contributed by atoms with Crippen LogP contribution in [0, 0.1) is 0 Å². The van der Waals surface area contributed by atoms with Crippen LogP contribution in [-0.2, 0) is 19.4 Å². The number of fused-ring (bicyclic) bond motifs is 1. The minimum atomic E-state index is -0.0586. The Hall–Kier alpha value is -2.23. The number of nitrogens with two attached hydrogens (primary N) is 1.